The van der Waals surface area contributed by atoms with Crippen LogP contribution in [0.5, 0.6) is 0 Å². The molecular weight excluding hydrogens is 295 g/mol. The molecule has 0 saturated carbocycles. The Hall–Kier alpha value is -1.98. The minimum atomic E-state index is -0.485. The maximum atomic E-state index is 13.2. The van der Waals surface area contributed by atoms with Gasteiger partial charge in [-0.1, -0.05) is 35.9 Å². The molecule has 0 spiro atoms. The number of para-hydroxylation sites is 1. The predicted molar refractivity (Wildman–Crippen MR) is 80.0 cm³/mol. The van der Waals surface area contributed by atoms with Gasteiger partial charge in [-0.15, -0.1) is 0 Å². The summed E-state index contributed by atoms with van der Waals surface area (Å²) in [6.07, 6.45) is 0.412. The molecule has 0 aliphatic heterocycles. The molecule has 0 radical (unpaired) electrons. The molecule has 0 aromatic heterocycles. The first-order chi connectivity index (χ1) is 10.0. The van der Waals surface area contributed by atoms with Crippen LogP contribution in [-0.2, 0) is 6.42 Å². The Balaban J connectivity index is 2.31. The summed E-state index contributed by atoms with van der Waals surface area (Å²) < 4.78 is 13.2. The highest BCUT2D eigenvalue weighted by Crippen LogP contribution is 2.27. The predicted octanol–water partition coefficient (Wildman–Crippen LogP) is 3.89. The zero-order chi connectivity index (χ0) is 15.4. The fourth-order valence-electron chi connectivity index (χ4n) is 2.20. The lowest BCUT2D eigenvalue weighted by atomic mass is 9.98. The maximum absolute atomic E-state index is 13.2. The molecule has 6 heteroatoms. The third-order valence-electron chi connectivity index (χ3n) is 3.31. The molecule has 1 atom stereocenters. The van der Waals surface area contributed by atoms with Crippen molar-refractivity contribution in [2.75, 3.05) is 7.05 Å². The number of nitro groups is 1. The molecule has 2 aromatic carbocycles. The van der Waals surface area contributed by atoms with Crippen molar-refractivity contribution in [3.05, 3.63) is 74.5 Å². The number of nitrogens with one attached hydrogen (secondary N) is 1. The van der Waals surface area contributed by atoms with Gasteiger partial charge in [0, 0.05) is 17.7 Å². The van der Waals surface area contributed by atoms with E-state index in [1.807, 2.05) is 0 Å². The van der Waals surface area contributed by atoms with E-state index in [0.29, 0.717) is 12.0 Å². The van der Waals surface area contributed by atoms with Gasteiger partial charge in [-0.3, -0.25) is 10.1 Å². The van der Waals surface area contributed by atoms with E-state index in [-0.39, 0.29) is 16.8 Å². The first-order valence-electron chi connectivity index (χ1n) is 6.37. The van der Waals surface area contributed by atoms with Gasteiger partial charge in [-0.2, -0.15) is 0 Å². The van der Waals surface area contributed by atoms with E-state index in [0.717, 1.165) is 5.56 Å². The number of nitro benzene ring substituents is 1. The van der Waals surface area contributed by atoms with Crippen LogP contribution in [0.1, 0.15) is 17.2 Å². The van der Waals surface area contributed by atoms with Crippen molar-refractivity contribution >= 4 is 17.3 Å². The van der Waals surface area contributed by atoms with Crippen LogP contribution in [-0.4, -0.2) is 12.0 Å². The van der Waals surface area contributed by atoms with E-state index in [2.05, 4.69) is 5.32 Å². The number of nitrogens with zero attached hydrogens (tertiary/aromatic N) is 1. The van der Waals surface area contributed by atoms with Gasteiger partial charge in [0.05, 0.1) is 9.95 Å². The van der Waals surface area contributed by atoms with E-state index < -0.39 is 10.7 Å². The fourth-order valence-corrected chi connectivity index (χ4v) is 2.39. The Bertz CT molecular complexity index is 664. The van der Waals surface area contributed by atoms with Gasteiger partial charge in [0.25, 0.3) is 5.69 Å². The van der Waals surface area contributed by atoms with Gasteiger partial charge >= 0.3 is 0 Å². The second-order valence-corrected chi connectivity index (χ2v) is 5.01. The van der Waals surface area contributed by atoms with Crippen LogP contribution in [0.4, 0.5) is 10.1 Å². The quantitative estimate of drug-likeness (QED) is 0.673. The van der Waals surface area contributed by atoms with Crippen molar-refractivity contribution in [3.8, 4) is 0 Å². The highest BCUT2D eigenvalue weighted by Gasteiger charge is 2.18. The number of rotatable bonds is 5. The van der Waals surface area contributed by atoms with Gasteiger partial charge < -0.3 is 5.32 Å². The number of benzene rings is 2. The largest absolute Gasteiger partial charge is 0.313 e. The molecule has 0 fully saturated rings. The van der Waals surface area contributed by atoms with E-state index in [4.69, 9.17) is 11.6 Å². The Labute approximate surface area is 126 Å². The lowest BCUT2D eigenvalue weighted by Gasteiger charge is -2.17. The highest BCUT2D eigenvalue weighted by molar-refractivity contribution is 6.30. The molecule has 21 heavy (non-hydrogen) atoms. The average Bonchev–Trinajstić information content (AvgIpc) is 2.48. The second-order valence-electron chi connectivity index (χ2n) is 4.60. The van der Waals surface area contributed by atoms with Crippen molar-refractivity contribution in [2.45, 2.75) is 12.5 Å². The second kappa shape index (κ2) is 6.65. The Morgan fingerprint density at radius 3 is 2.67 bits per heavy atom. The molecule has 0 saturated heterocycles. The standard InChI is InChI=1S/C15H14ClFN2O2/c1-18-14(10-6-7-13(17)12(16)8-10)9-11-4-2-3-5-15(11)19(20)21/h2-8,14,18H,9H2,1H3. The first-order valence-corrected chi connectivity index (χ1v) is 6.75. The molecule has 0 aliphatic rings. The maximum Gasteiger partial charge on any atom is 0.272 e. The van der Waals surface area contributed by atoms with Crippen LogP contribution in [0, 0.1) is 15.9 Å². The third kappa shape index (κ3) is 3.56. The summed E-state index contributed by atoms with van der Waals surface area (Å²) in [6.45, 7) is 0. The summed E-state index contributed by atoms with van der Waals surface area (Å²) in [7, 11) is 1.75. The van der Waals surface area contributed by atoms with Crippen molar-refractivity contribution in [1.29, 1.82) is 0 Å². The zero-order valence-electron chi connectivity index (χ0n) is 11.3. The normalized spacial score (nSPS) is 12.1. The number of likely N-dealkylation sites (N-methyl/N-ethyl adjacent to an activating group) is 1. The molecule has 0 amide bonds. The highest BCUT2D eigenvalue weighted by atomic mass is 35.5. The van der Waals surface area contributed by atoms with Gasteiger partial charge in [0.2, 0.25) is 0 Å². The molecule has 0 aliphatic carbocycles. The molecular formula is C15H14ClFN2O2. The minimum absolute atomic E-state index is 0.0373. The van der Waals surface area contributed by atoms with Gasteiger partial charge in [0.15, 0.2) is 0 Å². The summed E-state index contributed by atoms with van der Waals surface area (Å²) in [4.78, 5) is 10.6. The minimum Gasteiger partial charge on any atom is -0.313 e. The summed E-state index contributed by atoms with van der Waals surface area (Å²) >= 11 is 5.79. The molecule has 2 aromatic rings. The molecule has 4 nitrogen and oxygen atoms in total. The summed E-state index contributed by atoms with van der Waals surface area (Å²) in [5, 5.41) is 14.2. The fraction of sp³-hybridized carbons (Fsp3) is 0.200. The van der Waals surface area contributed by atoms with Crippen LogP contribution in [0.2, 0.25) is 5.02 Å². The molecule has 1 N–H and O–H groups in total. The van der Waals surface area contributed by atoms with Crippen molar-refractivity contribution in [3.63, 3.8) is 0 Å². The summed E-state index contributed by atoms with van der Waals surface area (Å²) in [5.74, 6) is -0.485. The zero-order valence-corrected chi connectivity index (χ0v) is 12.1. The third-order valence-corrected chi connectivity index (χ3v) is 3.60. The van der Waals surface area contributed by atoms with Gasteiger partial charge in [0.1, 0.15) is 5.82 Å². The van der Waals surface area contributed by atoms with E-state index in [9.17, 15) is 14.5 Å². The smallest absolute Gasteiger partial charge is 0.272 e. The van der Waals surface area contributed by atoms with Crippen LogP contribution >= 0.6 is 11.6 Å². The van der Waals surface area contributed by atoms with Crippen LogP contribution in [0.15, 0.2) is 42.5 Å². The Morgan fingerprint density at radius 1 is 1.33 bits per heavy atom. The summed E-state index contributed by atoms with van der Waals surface area (Å²) in [6, 6.07) is 10.8. The Kier molecular flexibility index (Phi) is 4.88. The van der Waals surface area contributed by atoms with Crippen molar-refractivity contribution in [2.24, 2.45) is 0 Å². The molecule has 0 heterocycles. The monoisotopic (exact) mass is 308 g/mol. The van der Waals surface area contributed by atoms with Crippen molar-refractivity contribution < 1.29 is 9.31 Å². The number of hydrogen-bond donors (Lipinski definition) is 1. The number of halogens is 2. The molecule has 110 valence electrons. The first kappa shape index (κ1) is 15.4. The lowest BCUT2D eigenvalue weighted by Crippen LogP contribution is -2.19. The molecule has 2 rings (SSSR count). The van der Waals surface area contributed by atoms with E-state index in [1.165, 1.54) is 18.2 Å². The topological polar surface area (TPSA) is 55.2 Å². The number of hydrogen-bond acceptors (Lipinski definition) is 3. The molecule has 1 unspecified atom stereocenters. The van der Waals surface area contributed by atoms with Gasteiger partial charge in [-0.05, 0) is 31.2 Å². The lowest BCUT2D eigenvalue weighted by molar-refractivity contribution is -0.385. The van der Waals surface area contributed by atoms with Crippen LogP contribution in [0.25, 0.3) is 0 Å². The van der Waals surface area contributed by atoms with E-state index >= 15 is 0 Å². The van der Waals surface area contributed by atoms with Crippen LogP contribution in [0.3, 0.4) is 0 Å². The van der Waals surface area contributed by atoms with Crippen molar-refractivity contribution in [1.82, 2.24) is 5.32 Å². The van der Waals surface area contributed by atoms with E-state index in [1.54, 1.807) is 31.3 Å². The summed E-state index contributed by atoms with van der Waals surface area (Å²) in [5.41, 5.74) is 1.47. The molecule has 0 bridgehead atoms. The SMILES string of the molecule is CNC(Cc1ccccc1[N+](=O)[O-])c1ccc(F)c(Cl)c1. The Morgan fingerprint density at radius 2 is 2.05 bits per heavy atom. The average molecular weight is 309 g/mol. The van der Waals surface area contributed by atoms with Gasteiger partial charge in [-0.25, -0.2) is 4.39 Å². The van der Waals surface area contributed by atoms with Crippen LogP contribution < -0.4 is 5.32 Å².